The monoisotopic (exact) mass is 505 g/mol. The second-order valence-electron chi connectivity index (χ2n) is 9.05. The Kier molecular flexibility index (Phi) is 9.22. The van der Waals surface area contributed by atoms with Crippen LogP contribution in [0.25, 0.3) is 10.9 Å². The van der Waals surface area contributed by atoms with Crippen LogP contribution in [0.2, 0.25) is 0 Å². The molecule has 2 atom stereocenters. The van der Waals surface area contributed by atoms with Gasteiger partial charge in [0.05, 0.1) is 17.1 Å². The number of nitrogens with zero attached hydrogens (tertiary/aromatic N) is 1. The lowest BCUT2D eigenvalue weighted by Gasteiger charge is -2.24. The third-order valence-electron chi connectivity index (χ3n) is 6.16. The minimum absolute atomic E-state index is 0.290. The number of aliphatic hydroxyl groups is 1. The number of benzene rings is 3. The second-order valence-corrected chi connectivity index (χ2v) is 9.05. The van der Waals surface area contributed by atoms with Crippen LogP contribution in [0.15, 0.2) is 91.0 Å². The molecule has 1 aromatic heterocycles. The van der Waals surface area contributed by atoms with E-state index in [0.717, 1.165) is 24.0 Å². The van der Waals surface area contributed by atoms with E-state index in [-0.39, 0.29) is 0 Å². The van der Waals surface area contributed by atoms with Crippen LogP contribution in [-0.2, 0) is 11.2 Å². The average Bonchev–Trinajstić information content (AvgIpc) is 2.96. The molecule has 0 aliphatic rings. The van der Waals surface area contributed by atoms with Gasteiger partial charge in [-0.1, -0.05) is 86.0 Å². The van der Waals surface area contributed by atoms with E-state index in [9.17, 15) is 14.7 Å². The molecule has 4 aromatic rings. The van der Waals surface area contributed by atoms with Crippen molar-refractivity contribution < 1.29 is 14.7 Å². The maximum Gasteiger partial charge on any atom is 0.252 e. The van der Waals surface area contributed by atoms with Gasteiger partial charge in [-0.15, -0.1) is 0 Å². The van der Waals surface area contributed by atoms with Gasteiger partial charge in [0.2, 0.25) is 0 Å². The Hall–Kier alpha value is -4.47. The first-order chi connectivity index (χ1) is 18.5. The Labute approximate surface area is 223 Å². The van der Waals surface area contributed by atoms with E-state index in [1.54, 1.807) is 6.07 Å². The van der Waals surface area contributed by atoms with Crippen LogP contribution in [0.3, 0.4) is 0 Å². The van der Waals surface area contributed by atoms with Crippen molar-refractivity contribution in [1.82, 2.24) is 15.6 Å². The van der Waals surface area contributed by atoms with Gasteiger partial charge < -0.3 is 15.7 Å². The fourth-order valence-electron chi connectivity index (χ4n) is 4.12. The molecule has 6 heteroatoms. The zero-order chi connectivity index (χ0) is 26.7. The fourth-order valence-corrected chi connectivity index (χ4v) is 4.12. The lowest BCUT2D eigenvalue weighted by atomic mass is 9.99. The highest BCUT2D eigenvalue weighted by Crippen LogP contribution is 2.19. The van der Waals surface area contributed by atoms with Crippen molar-refractivity contribution >= 4 is 22.7 Å². The zero-order valence-electron chi connectivity index (χ0n) is 21.4. The van der Waals surface area contributed by atoms with Gasteiger partial charge in [0.25, 0.3) is 11.8 Å². The van der Waals surface area contributed by atoms with Crippen molar-refractivity contribution in [2.24, 2.45) is 0 Å². The van der Waals surface area contributed by atoms with Gasteiger partial charge in [-0.3, -0.25) is 9.59 Å². The first-order valence-corrected chi connectivity index (χ1v) is 12.8. The summed E-state index contributed by atoms with van der Waals surface area (Å²) in [7, 11) is 0. The molecule has 1 heterocycles. The van der Waals surface area contributed by atoms with Crippen LogP contribution in [0.1, 0.15) is 46.9 Å². The molecular formula is C32H31N3O3. The molecule has 2 amide bonds. The van der Waals surface area contributed by atoms with Gasteiger partial charge in [-0.2, -0.15) is 0 Å². The van der Waals surface area contributed by atoms with E-state index in [1.165, 1.54) is 0 Å². The summed E-state index contributed by atoms with van der Waals surface area (Å²) in [5.74, 6) is 5.23. The minimum Gasteiger partial charge on any atom is -0.381 e. The summed E-state index contributed by atoms with van der Waals surface area (Å²) in [6.45, 7) is 2.50. The number of para-hydroxylation sites is 1. The van der Waals surface area contributed by atoms with Gasteiger partial charge in [0.15, 0.2) is 6.10 Å². The summed E-state index contributed by atoms with van der Waals surface area (Å²) in [4.78, 5) is 31.0. The van der Waals surface area contributed by atoms with Gasteiger partial charge >= 0.3 is 0 Å². The van der Waals surface area contributed by atoms with Crippen LogP contribution in [0.5, 0.6) is 0 Å². The molecule has 0 radical (unpaired) electrons. The summed E-state index contributed by atoms with van der Waals surface area (Å²) in [6.07, 6.45) is 0.606. The number of fused-ring (bicyclic) bond motifs is 1. The molecule has 0 saturated heterocycles. The van der Waals surface area contributed by atoms with Gasteiger partial charge in [0.1, 0.15) is 5.69 Å². The van der Waals surface area contributed by atoms with Crippen molar-refractivity contribution in [3.63, 3.8) is 0 Å². The molecule has 0 aliphatic heterocycles. The molecule has 4 rings (SSSR count). The van der Waals surface area contributed by atoms with Gasteiger partial charge in [-0.05, 0) is 48.6 Å². The number of rotatable bonds is 9. The Bertz CT molecular complexity index is 1440. The molecular weight excluding hydrogens is 474 g/mol. The van der Waals surface area contributed by atoms with Crippen molar-refractivity contribution in [1.29, 1.82) is 0 Å². The molecule has 0 bridgehead atoms. The van der Waals surface area contributed by atoms with Gasteiger partial charge in [0, 0.05) is 17.5 Å². The minimum atomic E-state index is -1.42. The number of hydrogen-bond donors (Lipinski definition) is 3. The predicted molar refractivity (Wildman–Crippen MR) is 149 cm³/mol. The predicted octanol–water partition coefficient (Wildman–Crippen LogP) is 4.25. The lowest BCUT2D eigenvalue weighted by Crippen LogP contribution is -2.51. The largest absolute Gasteiger partial charge is 0.381 e. The number of aliphatic hydroxyl groups excluding tert-OH is 1. The van der Waals surface area contributed by atoms with Gasteiger partial charge in [-0.25, -0.2) is 4.98 Å². The van der Waals surface area contributed by atoms with Crippen LogP contribution in [-0.4, -0.2) is 40.6 Å². The summed E-state index contributed by atoms with van der Waals surface area (Å²) in [5, 5.41) is 17.3. The van der Waals surface area contributed by atoms with Crippen molar-refractivity contribution in [2.75, 3.05) is 6.54 Å². The highest BCUT2D eigenvalue weighted by Gasteiger charge is 2.28. The molecule has 3 N–H and O–H groups in total. The fraction of sp³-hybridized carbons (Fsp3) is 0.219. The second kappa shape index (κ2) is 13.2. The van der Waals surface area contributed by atoms with Crippen molar-refractivity contribution in [3.05, 3.63) is 113 Å². The van der Waals surface area contributed by atoms with E-state index in [2.05, 4.69) is 27.5 Å². The molecule has 0 fully saturated rings. The normalized spacial score (nSPS) is 12.2. The van der Waals surface area contributed by atoms with Crippen LogP contribution in [0.4, 0.5) is 0 Å². The number of hydrogen-bond acceptors (Lipinski definition) is 4. The standard InChI is InChI=1S/C32H31N3O3/c1-2-3-20-33-32(38)30(36)29(21-24-14-8-5-9-15-24)35-31(37)27-22-25(19-18-23-12-6-4-7-13-23)34-28-17-11-10-16-26(27)28/h4-17,22,29-30,36H,2-3,20-21H2,1H3,(H,33,38)(H,35,37)/t29?,30-/m0/s1. The smallest absolute Gasteiger partial charge is 0.252 e. The maximum atomic E-state index is 13.6. The first-order valence-electron chi connectivity index (χ1n) is 12.8. The third kappa shape index (κ3) is 7.06. The third-order valence-corrected chi connectivity index (χ3v) is 6.16. The quantitative estimate of drug-likeness (QED) is 0.234. The number of unbranched alkanes of at least 4 members (excludes halogenated alkanes) is 1. The molecule has 3 aromatic carbocycles. The van der Waals surface area contributed by atoms with E-state index in [0.29, 0.717) is 35.1 Å². The molecule has 192 valence electrons. The molecule has 0 saturated carbocycles. The summed E-state index contributed by atoms with van der Waals surface area (Å²) >= 11 is 0. The Morgan fingerprint density at radius 3 is 2.34 bits per heavy atom. The van der Waals surface area contributed by atoms with E-state index >= 15 is 0 Å². The molecule has 0 spiro atoms. The molecule has 6 nitrogen and oxygen atoms in total. The first kappa shape index (κ1) is 26.6. The number of pyridine rings is 1. The average molecular weight is 506 g/mol. The van der Waals surface area contributed by atoms with E-state index in [1.807, 2.05) is 91.9 Å². The summed E-state index contributed by atoms with van der Waals surface area (Å²) in [6, 6.07) is 27.2. The van der Waals surface area contributed by atoms with Crippen LogP contribution in [0, 0.1) is 11.8 Å². The summed E-state index contributed by atoms with van der Waals surface area (Å²) in [5.41, 5.74) is 3.20. The number of aromatic nitrogens is 1. The highest BCUT2D eigenvalue weighted by molar-refractivity contribution is 6.06. The maximum absolute atomic E-state index is 13.6. The summed E-state index contributed by atoms with van der Waals surface area (Å²) < 4.78 is 0. The Morgan fingerprint density at radius 1 is 0.921 bits per heavy atom. The number of amides is 2. The SMILES string of the molecule is CCCCNC(=O)[C@@H](O)C(Cc1ccccc1)NC(=O)c1cc(C#Cc2ccccc2)nc2ccccc12. The van der Waals surface area contributed by atoms with Crippen LogP contribution < -0.4 is 10.6 Å². The van der Waals surface area contributed by atoms with E-state index in [4.69, 9.17) is 0 Å². The number of carbonyl (C=O) groups is 2. The molecule has 1 unspecified atom stereocenters. The Balaban J connectivity index is 1.64. The highest BCUT2D eigenvalue weighted by atomic mass is 16.3. The number of nitrogens with one attached hydrogen (secondary N) is 2. The van der Waals surface area contributed by atoms with E-state index < -0.39 is 24.0 Å². The topological polar surface area (TPSA) is 91.3 Å². The number of carbonyl (C=O) groups excluding carboxylic acids is 2. The Morgan fingerprint density at radius 2 is 1.61 bits per heavy atom. The van der Waals surface area contributed by atoms with Crippen LogP contribution >= 0.6 is 0 Å². The van der Waals surface area contributed by atoms with Crippen molar-refractivity contribution in [2.45, 2.75) is 38.3 Å². The zero-order valence-corrected chi connectivity index (χ0v) is 21.4. The van der Waals surface area contributed by atoms with Crippen molar-refractivity contribution in [3.8, 4) is 11.8 Å². The lowest BCUT2D eigenvalue weighted by molar-refractivity contribution is -0.130. The molecule has 0 aliphatic carbocycles. The molecule has 38 heavy (non-hydrogen) atoms.